The van der Waals surface area contributed by atoms with Crippen LogP contribution >= 0.6 is 0 Å². The standard InChI is InChI=1S/C19H23N3O4/c1-12-4-5-13(2)15(10-12)22-16(23)7-6-14(20-22)17(24)21-9-8-19(3,11-21)18(25)26/h4-5,10H,6-9,11H2,1-3H3,(H,25,26). The highest BCUT2D eigenvalue weighted by atomic mass is 16.4. The summed E-state index contributed by atoms with van der Waals surface area (Å²) >= 11 is 0. The zero-order valence-corrected chi connectivity index (χ0v) is 15.3. The van der Waals surface area contributed by atoms with E-state index in [2.05, 4.69) is 5.10 Å². The van der Waals surface area contributed by atoms with Crippen LogP contribution in [0.1, 0.15) is 37.3 Å². The van der Waals surface area contributed by atoms with E-state index in [4.69, 9.17) is 0 Å². The van der Waals surface area contributed by atoms with Crippen LogP contribution in [0.2, 0.25) is 0 Å². The van der Waals surface area contributed by atoms with E-state index in [-0.39, 0.29) is 31.2 Å². The Kier molecular flexibility index (Phi) is 4.56. The number of benzene rings is 1. The molecular weight excluding hydrogens is 334 g/mol. The summed E-state index contributed by atoms with van der Waals surface area (Å²) in [5.74, 6) is -1.32. The van der Waals surface area contributed by atoms with E-state index >= 15 is 0 Å². The minimum absolute atomic E-state index is 0.146. The van der Waals surface area contributed by atoms with Gasteiger partial charge in [-0.25, -0.2) is 5.01 Å². The molecule has 1 fully saturated rings. The molecule has 2 heterocycles. The van der Waals surface area contributed by atoms with E-state index in [9.17, 15) is 19.5 Å². The number of anilines is 1. The summed E-state index contributed by atoms with van der Waals surface area (Å²) in [6.45, 7) is 6.03. The second-order valence-electron chi connectivity index (χ2n) is 7.38. The van der Waals surface area contributed by atoms with Crippen LogP contribution < -0.4 is 5.01 Å². The van der Waals surface area contributed by atoms with Crippen LogP contribution in [-0.2, 0) is 14.4 Å². The Bertz CT molecular complexity index is 817. The van der Waals surface area contributed by atoms with Gasteiger partial charge in [0.25, 0.3) is 5.91 Å². The summed E-state index contributed by atoms with van der Waals surface area (Å²) in [4.78, 5) is 38.1. The SMILES string of the molecule is Cc1ccc(C)c(N2N=C(C(=O)N3CCC(C)(C(=O)O)C3)CCC2=O)c1. The van der Waals surface area contributed by atoms with Gasteiger partial charge < -0.3 is 10.0 Å². The van der Waals surface area contributed by atoms with Gasteiger partial charge in [-0.15, -0.1) is 0 Å². The van der Waals surface area contributed by atoms with Crippen LogP contribution in [0, 0.1) is 19.3 Å². The highest BCUT2D eigenvalue weighted by Gasteiger charge is 2.43. The van der Waals surface area contributed by atoms with Gasteiger partial charge in [0.2, 0.25) is 5.91 Å². The maximum atomic E-state index is 12.8. The van der Waals surface area contributed by atoms with Crippen molar-refractivity contribution in [3.63, 3.8) is 0 Å². The molecule has 2 aliphatic heterocycles. The number of aryl methyl sites for hydroxylation is 2. The van der Waals surface area contributed by atoms with Gasteiger partial charge in [-0.2, -0.15) is 5.10 Å². The zero-order chi connectivity index (χ0) is 19.1. The van der Waals surface area contributed by atoms with Crippen molar-refractivity contribution < 1.29 is 19.5 Å². The topological polar surface area (TPSA) is 90.3 Å². The van der Waals surface area contributed by atoms with E-state index in [0.717, 1.165) is 11.1 Å². The molecule has 1 N–H and O–H groups in total. The minimum atomic E-state index is -0.923. The van der Waals surface area contributed by atoms with Crippen molar-refractivity contribution in [1.29, 1.82) is 0 Å². The van der Waals surface area contributed by atoms with E-state index < -0.39 is 11.4 Å². The van der Waals surface area contributed by atoms with Crippen molar-refractivity contribution in [2.75, 3.05) is 18.1 Å². The quantitative estimate of drug-likeness (QED) is 0.897. The Labute approximate surface area is 152 Å². The van der Waals surface area contributed by atoms with E-state index in [1.807, 2.05) is 32.0 Å². The average Bonchev–Trinajstić information content (AvgIpc) is 3.01. The molecule has 0 saturated carbocycles. The Morgan fingerprint density at radius 3 is 2.62 bits per heavy atom. The number of hydrogen-bond donors (Lipinski definition) is 1. The maximum absolute atomic E-state index is 12.8. The van der Waals surface area contributed by atoms with Crippen molar-refractivity contribution >= 4 is 29.2 Å². The second-order valence-corrected chi connectivity index (χ2v) is 7.38. The number of carbonyl (C=O) groups is 3. The molecule has 0 bridgehead atoms. The lowest BCUT2D eigenvalue weighted by Crippen LogP contribution is -2.42. The summed E-state index contributed by atoms with van der Waals surface area (Å²) in [5, 5.41) is 15.0. The molecule has 0 spiro atoms. The number of aliphatic carboxylic acids is 1. The predicted octanol–water partition coefficient (Wildman–Crippen LogP) is 2.11. The number of hydrogen-bond acceptors (Lipinski definition) is 4. The van der Waals surface area contributed by atoms with Gasteiger partial charge in [0, 0.05) is 25.9 Å². The Hall–Kier alpha value is -2.70. The first-order chi connectivity index (χ1) is 12.2. The third kappa shape index (κ3) is 3.21. The molecule has 26 heavy (non-hydrogen) atoms. The Morgan fingerprint density at radius 1 is 1.23 bits per heavy atom. The van der Waals surface area contributed by atoms with Gasteiger partial charge in [0.1, 0.15) is 5.71 Å². The largest absolute Gasteiger partial charge is 0.481 e. The first-order valence-electron chi connectivity index (χ1n) is 8.72. The molecule has 1 aromatic carbocycles. The summed E-state index contributed by atoms with van der Waals surface area (Å²) in [6.07, 6.45) is 0.905. The molecule has 2 amide bonds. The van der Waals surface area contributed by atoms with Gasteiger partial charge in [-0.1, -0.05) is 12.1 Å². The zero-order valence-electron chi connectivity index (χ0n) is 15.3. The van der Waals surface area contributed by atoms with Crippen LogP contribution in [-0.4, -0.2) is 46.6 Å². The summed E-state index contributed by atoms with van der Waals surface area (Å²) in [5.41, 5.74) is 1.97. The molecule has 1 aromatic rings. The molecule has 0 radical (unpaired) electrons. The molecule has 138 valence electrons. The Balaban J connectivity index is 1.86. The number of likely N-dealkylation sites (tertiary alicyclic amines) is 1. The van der Waals surface area contributed by atoms with Crippen LogP contribution in [0.4, 0.5) is 5.69 Å². The van der Waals surface area contributed by atoms with Gasteiger partial charge in [-0.05, 0) is 44.4 Å². The lowest BCUT2D eigenvalue weighted by atomic mass is 9.90. The normalized spacial score (nSPS) is 23.2. The minimum Gasteiger partial charge on any atom is -0.481 e. The van der Waals surface area contributed by atoms with Crippen molar-refractivity contribution in [2.45, 2.75) is 40.0 Å². The molecule has 0 aromatic heterocycles. The fraction of sp³-hybridized carbons (Fsp3) is 0.474. The highest BCUT2D eigenvalue weighted by molar-refractivity contribution is 6.40. The molecule has 1 atom stereocenters. The van der Waals surface area contributed by atoms with Crippen LogP contribution in [0.25, 0.3) is 0 Å². The lowest BCUT2D eigenvalue weighted by Gasteiger charge is -2.27. The van der Waals surface area contributed by atoms with Gasteiger partial charge in [0.15, 0.2) is 0 Å². The fourth-order valence-electron chi connectivity index (χ4n) is 3.33. The van der Waals surface area contributed by atoms with E-state index in [1.165, 1.54) is 9.91 Å². The number of carbonyl (C=O) groups excluding carboxylic acids is 2. The smallest absolute Gasteiger partial charge is 0.311 e. The van der Waals surface area contributed by atoms with Crippen molar-refractivity contribution in [3.8, 4) is 0 Å². The number of nitrogens with zero attached hydrogens (tertiary/aromatic N) is 3. The predicted molar refractivity (Wildman–Crippen MR) is 97.0 cm³/mol. The molecule has 7 heteroatoms. The average molecular weight is 357 g/mol. The van der Waals surface area contributed by atoms with Gasteiger partial charge >= 0.3 is 5.97 Å². The first kappa shape index (κ1) is 18.1. The fourth-order valence-corrected chi connectivity index (χ4v) is 3.33. The third-order valence-electron chi connectivity index (χ3n) is 5.15. The van der Waals surface area contributed by atoms with Crippen molar-refractivity contribution in [2.24, 2.45) is 10.5 Å². The summed E-state index contributed by atoms with van der Waals surface area (Å²) < 4.78 is 0. The number of carboxylic acid groups (broad SMARTS) is 1. The van der Waals surface area contributed by atoms with Crippen LogP contribution in [0.15, 0.2) is 23.3 Å². The molecule has 3 rings (SSSR count). The number of carboxylic acids is 1. The van der Waals surface area contributed by atoms with Crippen LogP contribution in [0.3, 0.4) is 0 Å². The molecular formula is C19H23N3O4. The van der Waals surface area contributed by atoms with Gasteiger partial charge in [-0.3, -0.25) is 14.4 Å². The highest BCUT2D eigenvalue weighted by Crippen LogP contribution is 2.31. The number of amides is 2. The molecule has 0 aliphatic carbocycles. The molecule has 1 unspecified atom stereocenters. The third-order valence-corrected chi connectivity index (χ3v) is 5.15. The van der Waals surface area contributed by atoms with E-state index in [0.29, 0.717) is 24.4 Å². The molecule has 7 nitrogen and oxygen atoms in total. The van der Waals surface area contributed by atoms with Crippen molar-refractivity contribution in [1.82, 2.24) is 4.90 Å². The van der Waals surface area contributed by atoms with E-state index in [1.54, 1.807) is 6.92 Å². The molecule has 1 saturated heterocycles. The summed E-state index contributed by atoms with van der Waals surface area (Å²) in [6, 6.07) is 5.75. The summed E-state index contributed by atoms with van der Waals surface area (Å²) in [7, 11) is 0. The Morgan fingerprint density at radius 2 is 1.96 bits per heavy atom. The first-order valence-corrected chi connectivity index (χ1v) is 8.72. The second kappa shape index (κ2) is 6.55. The van der Waals surface area contributed by atoms with Gasteiger partial charge in [0.05, 0.1) is 11.1 Å². The monoisotopic (exact) mass is 357 g/mol. The lowest BCUT2D eigenvalue weighted by molar-refractivity contribution is -0.147. The number of hydrazone groups is 1. The maximum Gasteiger partial charge on any atom is 0.311 e. The van der Waals surface area contributed by atoms with Crippen LogP contribution in [0.5, 0.6) is 0 Å². The molecule has 2 aliphatic rings. The van der Waals surface area contributed by atoms with Crippen molar-refractivity contribution in [3.05, 3.63) is 29.3 Å². The number of rotatable bonds is 3.